The summed E-state index contributed by atoms with van der Waals surface area (Å²) in [6, 6.07) is 90.0. The summed E-state index contributed by atoms with van der Waals surface area (Å²) in [4.78, 5) is 2.79. The van der Waals surface area contributed by atoms with E-state index in [1.54, 1.807) is 0 Å². The molecule has 12 aromatic carbocycles. The highest BCUT2D eigenvalue weighted by atomic mass is 15.2. The van der Waals surface area contributed by atoms with Crippen molar-refractivity contribution in [2.45, 2.75) is 199 Å². The Balaban J connectivity index is 1.29. The van der Waals surface area contributed by atoms with Crippen LogP contribution in [-0.4, -0.2) is 13.4 Å². The smallest absolute Gasteiger partial charge is 0.248 e. The van der Waals surface area contributed by atoms with Crippen LogP contribution in [0.5, 0.6) is 0 Å². The Morgan fingerprint density at radius 2 is 0.476 bits per heavy atom. The van der Waals surface area contributed by atoms with E-state index in [1.165, 1.54) is 194 Å². The standard InChI is InChI=1S/C102H109B2N/c1-62-50-64(3)92(65(4)51-62)103-85-60-83(101(19,20)21)46-48-87(85)105-88-49-47-84(102(22,23)24)61-86(88)104(93-66(5)52-63(2)53-67(93)6)95-91(78-58-75(70-34-42-81(43-35-70)99(13,14)15)55-76(59-78)71-36-44-82(45-37-71)100(16,17)18)89(72-28-26-25-27-29-72)90(94(103)96(95)105)77-56-73(68-30-38-79(39-31-68)97(7,8)9)54-74(57-77)69-32-40-80(41-33-69)98(10,11)12/h25-61H,1-24H3. The van der Waals surface area contributed by atoms with Crippen molar-refractivity contribution in [3.63, 3.8) is 0 Å². The van der Waals surface area contributed by atoms with Gasteiger partial charge in [0.05, 0.1) is 0 Å². The van der Waals surface area contributed by atoms with Crippen molar-refractivity contribution in [1.29, 1.82) is 0 Å². The minimum absolute atomic E-state index is 0.0211. The molecule has 0 bridgehead atoms. The first kappa shape index (κ1) is 72.5. The zero-order chi connectivity index (χ0) is 75.1. The van der Waals surface area contributed by atoms with Crippen LogP contribution >= 0.6 is 0 Å². The van der Waals surface area contributed by atoms with Crippen LogP contribution in [0.15, 0.2) is 224 Å². The molecule has 0 spiro atoms. The second-order valence-electron chi connectivity index (χ2n) is 37.4. The minimum atomic E-state index is -0.232. The Bertz CT molecular complexity index is 4860. The van der Waals surface area contributed by atoms with E-state index in [4.69, 9.17) is 0 Å². The molecule has 3 heteroatoms. The summed E-state index contributed by atoms with van der Waals surface area (Å²) in [7, 11) is 0. The Morgan fingerprint density at radius 3 is 0.743 bits per heavy atom. The summed E-state index contributed by atoms with van der Waals surface area (Å²) in [5.41, 5.74) is 43.8. The molecule has 0 amide bonds. The molecule has 0 saturated carbocycles. The van der Waals surface area contributed by atoms with Gasteiger partial charge in [-0.25, -0.2) is 0 Å². The number of anilines is 3. The average Bonchev–Trinajstić information content (AvgIpc) is 0.672. The monoisotopic (exact) mass is 1370 g/mol. The maximum atomic E-state index is 2.79. The zero-order valence-electron chi connectivity index (χ0n) is 67.5. The lowest BCUT2D eigenvalue weighted by Gasteiger charge is -2.47. The lowest BCUT2D eigenvalue weighted by Crippen LogP contribution is -2.67. The molecular formula is C102H109B2N. The molecule has 2 heterocycles. The summed E-state index contributed by atoms with van der Waals surface area (Å²) in [6.45, 7) is 55.9. The van der Waals surface area contributed by atoms with Crippen LogP contribution in [0.25, 0.3) is 77.9 Å². The van der Waals surface area contributed by atoms with Crippen molar-refractivity contribution in [3.8, 4) is 77.9 Å². The molecule has 0 atom stereocenters. The third-order valence-corrected chi connectivity index (χ3v) is 23.1. The molecule has 2 aliphatic heterocycles. The average molecular weight is 1370 g/mol. The summed E-state index contributed by atoms with van der Waals surface area (Å²) in [5.74, 6) is 0. The molecule has 1 nitrogen and oxygen atoms in total. The van der Waals surface area contributed by atoms with Crippen molar-refractivity contribution in [1.82, 2.24) is 0 Å². The summed E-state index contributed by atoms with van der Waals surface area (Å²) in [5, 5.41) is 0. The third-order valence-electron chi connectivity index (χ3n) is 23.1. The van der Waals surface area contributed by atoms with Crippen LogP contribution in [-0.2, 0) is 32.5 Å². The molecule has 0 aromatic heterocycles. The van der Waals surface area contributed by atoms with Crippen LogP contribution in [0.2, 0.25) is 0 Å². The molecule has 0 saturated heterocycles. The van der Waals surface area contributed by atoms with E-state index in [0.717, 1.165) is 0 Å². The van der Waals surface area contributed by atoms with Gasteiger partial charge in [0.15, 0.2) is 0 Å². The quantitative estimate of drug-likeness (QED) is 0.130. The number of rotatable bonds is 9. The lowest BCUT2D eigenvalue weighted by molar-refractivity contribution is 0.590. The predicted octanol–water partition coefficient (Wildman–Crippen LogP) is 24.1. The third kappa shape index (κ3) is 13.5. The number of hydrogen-bond acceptors (Lipinski definition) is 1. The van der Waals surface area contributed by atoms with Crippen LogP contribution in [0, 0.1) is 41.5 Å². The number of aryl methyl sites for hydroxylation is 6. The Labute approximate surface area is 631 Å². The molecule has 0 N–H and O–H groups in total. The zero-order valence-corrected chi connectivity index (χ0v) is 67.5. The summed E-state index contributed by atoms with van der Waals surface area (Å²) in [6.07, 6.45) is 0. The van der Waals surface area contributed by atoms with Crippen molar-refractivity contribution in [2.75, 3.05) is 4.90 Å². The van der Waals surface area contributed by atoms with Gasteiger partial charge in [0.1, 0.15) is 0 Å². The number of hydrogen-bond donors (Lipinski definition) is 0. The van der Waals surface area contributed by atoms with Gasteiger partial charge in [0.25, 0.3) is 0 Å². The van der Waals surface area contributed by atoms with Crippen molar-refractivity contribution in [2.24, 2.45) is 0 Å². The van der Waals surface area contributed by atoms with Gasteiger partial charge < -0.3 is 4.90 Å². The fourth-order valence-corrected chi connectivity index (χ4v) is 17.4. The predicted molar refractivity (Wildman–Crippen MR) is 462 cm³/mol. The maximum absolute atomic E-state index is 2.79. The molecule has 0 fully saturated rings. The topological polar surface area (TPSA) is 3.24 Å². The molecule has 12 aromatic rings. The SMILES string of the molecule is Cc1cc(C)c(B2c3cc(C(C)(C)C)ccc3N3c4ccc(C(C)(C)C)cc4B(c4c(C)cc(C)cc4C)c4c(-c5cc(-c6ccc(C(C)(C)C)cc6)cc(-c6ccc(C(C)(C)C)cc6)c5)c(-c5ccccc5)c(-c5cc(-c6ccc(C(C)(C)C)cc6)cc(-c6ccc(C(C)(C)C)cc6)c5)c2c43)c(C)c1. The second-order valence-corrected chi connectivity index (χ2v) is 37.4. The van der Waals surface area contributed by atoms with E-state index < -0.39 is 0 Å². The highest BCUT2D eigenvalue weighted by Crippen LogP contribution is 2.51. The van der Waals surface area contributed by atoms with E-state index in [-0.39, 0.29) is 45.9 Å². The fourth-order valence-electron chi connectivity index (χ4n) is 17.4. The van der Waals surface area contributed by atoms with Crippen LogP contribution in [0.1, 0.15) is 191 Å². The molecule has 0 unspecified atom stereocenters. The second kappa shape index (κ2) is 26.3. The van der Waals surface area contributed by atoms with Crippen molar-refractivity contribution < 1.29 is 0 Å². The first-order chi connectivity index (χ1) is 49.3. The Morgan fingerprint density at radius 1 is 0.219 bits per heavy atom. The molecular weight excluding hydrogens is 1260 g/mol. The maximum Gasteiger partial charge on any atom is 0.248 e. The van der Waals surface area contributed by atoms with Crippen LogP contribution in [0.3, 0.4) is 0 Å². The molecule has 528 valence electrons. The molecule has 2 aliphatic rings. The van der Waals surface area contributed by atoms with Gasteiger partial charge in [0.2, 0.25) is 13.4 Å². The van der Waals surface area contributed by atoms with Gasteiger partial charge in [-0.3, -0.25) is 0 Å². The van der Waals surface area contributed by atoms with Gasteiger partial charge >= 0.3 is 0 Å². The van der Waals surface area contributed by atoms with Crippen molar-refractivity contribution >= 4 is 63.3 Å². The Hall–Kier alpha value is -9.43. The molecule has 105 heavy (non-hydrogen) atoms. The lowest BCUT2D eigenvalue weighted by atomic mass is 9.28. The molecule has 0 radical (unpaired) electrons. The van der Waals surface area contributed by atoms with E-state index in [1.807, 2.05) is 0 Å². The highest BCUT2D eigenvalue weighted by molar-refractivity contribution is 7.04. The normalized spacial score (nSPS) is 13.3. The van der Waals surface area contributed by atoms with Gasteiger partial charge in [0, 0.05) is 17.1 Å². The molecule has 14 rings (SSSR count). The summed E-state index contributed by atoms with van der Waals surface area (Å²) < 4.78 is 0. The van der Waals surface area contributed by atoms with Gasteiger partial charge in [-0.15, -0.1) is 0 Å². The van der Waals surface area contributed by atoms with Gasteiger partial charge in [-0.1, -0.05) is 345 Å². The number of benzene rings is 12. The minimum Gasteiger partial charge on any atom is -0.312 e. The van der Waals surface area contributed by atoms with E-state index in [2.05, 4.69) is 396 Å². The molecule has 0 aliphatic carbocycles. The highest BCUT2D eigenvalue weighted by Gasteiger charge is 2.49. The number of fused-ring (bicyclic) bond motifs is 4. The van der Waals surface area contributed by atoms with Crippen LogP contribution in [0.4, 0.5) is 17.1 Å². The first-order valence-electron chi connectivity index (χ1n) is 38.6. The van der Waals surface area contributed by atoms with E-state index in [0.29, 0.717) is 0 Å². The number of nitrogens with zero attached hydrogens (tertiary/aromatic N) is 1. The largest absolute Gasteiger partial charge is 0.312 e. The van der Waals surface area contributed by atoms with Crippen molar-refractivity contribution in [3.05, 3.63) is 291 Å². The van der Waals surface area contributed by atoms with E-state index in [9.17, 15) is 0 Å². The van der Waals surface area contributed by atoms with Gasteiger partial charge in [-0.2, -0.15) is 0 Å². The fraction of sp³-hybridized carbons (Fsp3) is 0.294. The first-order valence-corrected chi connectivity index (χ1v) is 38.6. The van der Waals surface area contributed by atoms with E-state index >= 15 is 0 Å². The van der Waals surface area contributed by atoms with Gasteiger partial charge in [-0.05, 0) is 256 Å². The Kier molecular flexibility index (Phi) is 18.1. The van der Waals surface area contributed by atoms with Crippen LogP contribution < -0.4 is 37.7 Å². The summed E-state index contributed by atoms with van der Waals surface area (Å²) >= 11 is 0.